The fraction of sp³-hybridized carbons (Fsp3) is 0.435. The predicted octanol–water partition coefficient (Wildman–Crippen LogP) is 4.24. The van der Waals surface area contributed by atoms with Gasteiger partial charge in [-0.05, 0) is 48.9 Å². The van der Waals surface area contributed by atoms with E-state index in [9.17, 15) is 4.79 Å². The maximum Gasteiger partial charge on any atom is 0.223 e. The largest absolute Gasteiger partial charge is 0.334 e. The highest BCUT2D eigenvalue weighted by Crippen LogP contribution is 2.24. The summed E-state index contributed by atoms with van der Waals surface area (Å²) in [6, 6.07) is 20.6. The summed E-state index contributed by atoms with van der Waals surface area (Å²) in [6.45, 7) is 5.74. The molecule has 2 aromatic carbocycles. The average Bonchev–Trinajstić information content (AvgIpc) is 2.69. The van der Waals surface area contributed by atoms with Gasteiger partial charge in [0.15, 0.2) is 0 Å². The highest BCUT2D eigenvalue weighted by atomic mass is 16.2. The molecular formula is C23H30N2O. The molecule has 3 heteroatoms. The van der Waals surface area contributed by atoms with Crippen LogP contribution in [0.2, 0.25) is 0 Å². The molecule has 2 aromatic rings. The number of carbonyl (C=O) groups is 1. The first-order valence-electron chi connectivity index (χ1n) is 9.78. The monoisotopic (exact) mass is 350 g/mol. The van der Waals surface area contributed by atoms with Gasteiger partial charge in [0.25, 0.3) is 0 Å². The van der Waals surface area contributed by atoms with E-state index >= 15 is 0 Å². The molecule has 0 spiro atoms. The number of hydrogen-bond donors (Lipinski definition) is 1. The molecule has 1 aliphatic rings. The van der Waals surface area contributed by atoms with Gasteiger partial charge in [0.1, 0.15) is 0 Å². The fourth-order valence-corrected chi connectivity index (χ4v) is 3.78. The van der Waals surface area contributed by atoms with Crippen molar-refractivity contribution in [1.29, 1.82) is 0 Å². The van der Waals surface area contributed by atoms with Gasteiger partial charge in [-0.3, -0.25) is 4.79 Å². The molecule has 3 rings (SSSR count). The van der Waals surface area contributed by atoms with E-state index in [1.807, 2.05) is 41.3 Å². The Balaban J connectivity index is 1.67. The van der Waals surface area contributed by atoms with Crippen LogP contribution in [0.4, 0.5) is 0 Å². The van der Waals surface area contributed by atoms with Crippen molar-refractivity contribution in [2.75, 3.05) is 13.1 Å². The van der Waals surface area contributed by atoms with Crippen LogP contribution in [0.3, 0.4) is 0 Å². The minimum Gasteiger partial charge on any atom is -0.334 e. The van der Waals surface area contributed by atoms with E-state index < -0.39 is 0 Å². The van der Waals surface area contributed by atoms with Crippen LogP contribution in [0, 0.1) is 11.8 Å². The number of amides is 1. The molecular weight excluding hydrogens is 320 g/mol. The van der Waals surface area contributed by atoms with Gasteiger partial charge in [0, 0.05) is 19.5 Å². The van der Waals surface area contributed by atoms with Crippen LogP contribution in [-0.4, -0.2) is 23.9 Å². The molecule has 3 nitrogen and oxygen atoms in total. The van der Waals surface area contributed by atoms with Crippen molar-refractivity contribution in [3.8, 4) is 0 Å². The number of nitrogens with one attached hydrogen (secondary N) is 1. The zero-order valence-electron chi connectivity index (χ0n) is 15.7. The van der Waals surface area contributed by atoms with Crippen molar-refractivity contribution >= 4 is 5.91 Å². The van der Waals surface area contributed by atoms with Crippen molar-refractivity contribution in [3.05, 3.63) is 71.8 Å². The highest BCUT2D eigenvalue weighted by Gasteiger charge is 2.24. The van der Waals surface area contributed by atoms with Gasteiger partial charge >= 0.3 is 0 Å². The Hall–Kier alpha value is -2.13. The Morgan fingerprint density at radius 3 is 2.12 bits per heavy atom. The summed E-state index contributed by atoms with van der Waals surface area (Å²) in [7, 11) is 0. The van der Waals surface area contributed by atoms with Gasteiger partial charge in [-0.1, -0.05) is 67.6 Å². The first-order valence-corrected chi connectivity index (χ1v) is 9.78. The smallest absolute Gasteiger partial charge is 0.223 e. The van der Waals surface area contributed by atoms with Gasteiger partial charge in [-0.2, -0.15) is 0 Å². The van der Waals surface area contributed by atoms with Crippen LogP contribution in [0.5, 0.6) is 0 Å². The zero-order chi connectivity index (χ0) is 18.2. The standard InChI is InChI=1S/C23H30N2O/c1-19(22-13-8-14-24-16-22)15-23(26)25(17-20-9-4-2-5-10-20)18-21-11-6-3-7-12-21/h2-7,9-12,19,22,24H,8,13-18H2,1H3. The summed E-state index contributed by atoms with van der Waals surface area (Å²) in [5.74, 6) is 1.29. The molecule has 1 amide bonds. The van der Waals surface area contributed by atoms with E-state index in [1.54, 1.807) is 0 Å². The van der Waals surface area contributed by atoms with Crippen LogP contribution >= 0.6 is 0 Å². The van der Waals surface area contributed by atoms with Gasteiger partial charge in [0.2, 0.25) is 5.91 Å². The van der Waals surface area contributed by atoms with E-state index in [0.717, 1.165) is 13.1 Å². The molecule has 1 fully saturated rings. The number of hydrogen-bond acceptors (Lipinski definition) is 2. The first-order chi connectivity index (χ1) is 12.7. The lowest BCUT2D eigenvalue weighted by atomic mass is 9.85. The lowest BCUT2D eigenvalue weighted by Crippen LogP contribution is -2.37. The normalized spacial score (nSPS) is 18.3. The molecule has 26 heavy (non-hydrogen) atoms. The summed E-state index contributed by atoms with van der Waals surface area (Å²) in [5.41, 5.74) is 2.37. The van der Waals surface area contributed by atoms with Gasteiger partial charge < -0.3 is 10.2 Å². The van der Waals surface area contributed by atoms with E-state index in [1.165, 1.54) is 24.0 Å². The zero-order valence-corrected chi connectivity index (χ0v) is 15.7. The van der Waals surface area contributed by atoms with Gasteiger partial charge in [-0.15, -0.1) is 0 Å². The van der Waals surface area contributed by atoms with Crippen LogP contribution in [-0.2, 0) is 17.9 Å². The molecule has 2 atom stereocenters. The lowest BCUT2D eigenvalue weighted by Gasteiger charge is -2.30. The second kappa shape index (κ2) is 9.54. The second-order valence-corrected chi connectivity index (χ2v) is 7.51. The number of nitrogens with zero attached hydrogens (tertiary/aromatic N) is 1. The van der Waals surface area contributed by atoms with Crippen LogP contribution in [0.15, 0.2) is 60.7 Å². The van der Waals surface area contributed by atoms with Crippen LogP contribution < -0.4 is 5.32 Å². The number of carbonyl (C=O) groups excluding carboxylic acids is 1. The van der Waals surface area contributed by atoms with Crippen molar-refractivity contribution in [3.63, 3.8) is 0 Å². The maximum atomic E-state index is 13.1. The van der Waals surface area contributed by atoms with E-state index in [-0.39, 0.29) is 5.91 Å². The third kappa shape index (κ3) is 5.43. The van der Waals surface area contributed by atoms with Gasteiger partial charge in [-0.25, -0.2) is 0 Å². The molecule has 2 unspecified atom stereocenters. The SMILES string of the molecule is CC(CC(=O)N(Cc1ccccc1)Cc1ccccc1)C1CCCNC1. The van der Waals surface area contributed by atoms with E-state index in [4.69, 9.17) is 0 Å². The molecule has 0 bridgehead atoms. The molecule has 1 aliphatic heterocycles. The molecule has 0 saturated carbocycles. The lowest BCUT2D eigenvalue weighted by molar-refractivity contribution is -0.133. The summed E-state index contributed by atoms with van der Waals surface area (Å²) in [6.07, 6.45) is 3.09. The van der Waals surface area contributed by atoms with Gasteiger partial charge in [0.05, 0.1) is 0 Å². The van der Waals surface area contributed by atoms with Crippen molar-refractivity contribution in [2.45, 2.75) is 39.3 Å². The quantitative estimate of drug-likeness (QED) is 0.810. The van der Waals surface area contributed by atoms with Crippen molar-refractivity contribution < 1.29 is 4.79 Å². The topological polar surface area (TPSA) is 32.3 Å². The Kier molecular flexibility index (Phi) is 6.84. The fourth-order valence-electron chi connectivity index (χ4n) is 3.78. The number of rotatable bonds is 7. The molecule has 0 aliphatic carbocycles. The summed E-state index contributed by atoms with van der Waals surface area (Å²) < 4.78 is 0. The average molecular weight is 351 g/mol. The second-order valence-electron chi connectivity index (χ2n) is 7.51. The first kappa shape index (κ1) is 18.7. The Morgan fingerprint density at radius 1 is 1.04 bits per heavy atom. The van der Waals surface area contributed by atoms with Crippen molar-refractivity contribution in [1.82, 2.24) is 10.2 Å². The number of piperidine rings is 1. The molecule has 1 saturated heterocycles. The van der Waals surface area contributed by atoms with E-state index in [2.05, 4.69) is 36.5 Å². The molecule has 0 radical (unpaired) electrons. The minimum atomic E-state index is 0.260. The predicted molar refractivity (Wildman–Crippen MR) is 107 cm³/mol. The Bertz CT molecular complexity index is 624. The van der Waals surface area contributed by atoms with Crippen molar-refractivity contribution in [2.24, 2.45) is 11.8 Å². The molecule has 0 aromatic heterocycles. The van der Waals surface area contributed by atoms with E-state index in [0.29, 0.717) is 31.3 Å². The summed E-state index contributed by atoms with van der Waals surface area (Å²) in [4.78, 5) is 15.1. The maximum absolute atomic E-state index is 13.1. The Labute approximate surface area is 157 Å². The highest BCUT2D eigenvalue weighted by molar-refractivity contribution is 5.76. The third-order valence-electron chi connectivity index (χ3n) is 5.42. The van der Waals surface area contributed by atoms with Crippen LogP contribution in [0.1, 0.15) is 37.3 Å². The third-order valence-corrected chi connectivity index (χ3v) is 5.42. The molecule has 138 valence electrons. The minimum absolute atomic E-state index is 0.260. The summed E-state index contributed by atoms with van der Waals surface area (Å²) >= 11 is 0. The van der Waals surface area contributed by atoms with Crippen LogP contribution in [0.25, 0.3) is 0 Å². The summed E-state index contributed by atoms with van der Waals surface area (Å²) in [5, 5.41) is 3.47. The molecule has 1 heterocycles. The Morgan fingerprint density at radius 2 is 1.62 bits per heavy atom. The number of benzene rings is 2. The molecule has 1 N–H and O–H groups in total.